The maximum Gasteiger partial charge on any atom is 0.0771 e. The van der Waals surface area contributed by atoms with Crippen LogP contribution in [0, 0.1) is 0 Å². The summed E-state index contributed by atoms with van der Waals surface area (Å²) in [7, 11) is 2.19. The van der Waals surface area contributed by atoms with E-state index in [-0.39, 0.29) is 23.3 Å². The summed E-state index contributed by atoms with van der Waals surface area (Å²) < 4.78 is 5.88. The van der Waals surface area contributed by atoms with Gasteiger partial charge < -0.3 is 9.84 Å². The Morgan fingerprint density at radius 1 is 1.24 bits per heavy atom. The zero-order valence-corrected chi connectivity index (χ0v) is 12.3. The first-order chi connectivity index (χ1) is 7.69. The van der Waals surface area contributed by atoms with Gasteiger partial charge in [0, 0.05) is 11.1 Å². The summed E-state index contributed by atoms with van der Waals surface area (Å²) >= 11 is 0. The Labute approximate surface area is 106 Å². The van der Waals surface area contributed by atoms with E-state index in [1.807, 2.05) is 6.92 Å². The van der Waals surface area contributed by atoms with Crippen LogP contribution in [0.15, 0.2) is 0 Å². The third-order valence-corrected chi connectivity index (χ3v) is 4.27. The highest BCUT2D eigenvalue weighted by atomic mass is 16.5. The van der Waals surface area contributed by atoms with E-state index in [0.29, 0.717) is 6.61 Å². The van der Waals surface area contributed by atoms with Crippen LogP contribution < -0.4 is 0 Å². The van der Waals surface area contributed by atoms with Gasteiger partial charge in [-0.25, -0.2) is 0 Å². The molecule has 3 heteroatoms. The Morgan fingerprint density at radius 3 is 2.12 bits per heavy atom. The van der Waals surface area contributed by atoms with E-state index in [4.69, 9.17) is 4.74 Å². The van der Waals surface area contributed by atoms with Gasteiger partial charge in [0.1, 0.15) is 0 Å². The fourth-order valence-corrected chi connectivity index (χ4v) is 2.76. The Bertz CT molecular complexity index is 233. The quantitative estimate of drug-likeness (QED) is 0.823. The van der Waals surface area contributed by atoms with Crippen molar-refractivity contribution < 1.29 is 9.84 Å². The molecule has 1 fully saturated rings. The average Bonchev–Trinajstić information content (AvgIpc) is 2.21. The lowest BCUT2D eigenvalue weighted by Gasteiger charge is -2.53. The van der Waals surface area contributed by atoms with Crippen LogP contribution in [-0.4, -0.2) is 46.9 Å². The highest BCUT2D eigenvalue weighted by molar-refractivity contribution is 4.98. The Balaban J connectivity index is 2.59. The molecule has 1 aliphatic rings. The van der Waals surface area contributed by atoms with Crippen LogP contribution >= 0.6 is 0 Å². The van der Waals surface area contributed by atoms with Crippen molar-refractivity contribution in [1.82, 2.24) is 4.90 Å². The van der Waals surface area contributed by atoms with Gasteiger partial charge in [0.15, 0.2) is 0 Å². The van der Waals surface area contributed by atoms with Gasteiger partial charge in [0.05, 0.1) is 18.8 Å². The molecule has 1 saturated heterocycles. The molecule has 1 heterocycles. The standard InChI is InChI=1S/C14H29NO2/c1-7-11(16)10-17-12-8-13(2,3)15(6)14(4,5)9-12/h11-12,16H,7-10H2,1-6H3. The number of nitrogens with zero attached hydrogens (tertiary/aromatic N) is 1. The number of aliphatic hydroxyl groups excluding tert-OH is 1. The van der Waals surface area contributed by atoms with Crippen molar-refractivity contribution in [3.63, 3.8) is 0 Å². The maximum atomic E-state index is 9.57. The van der Waals surface area contributed by atoms with Crippen LogP contribution in [0.25, 0.3) is 0 Å². The Kier molecular flexibility index (Phi) is 4.61. The molecule has 0 aromatic heterocycles. The summed E-state index contributed by atoms with van der Waals surface area (Å²) in [6.07, 6.45) is 2.77. The molecule has 0 aromatic carbocycles. The first-order valence-corrected chi connectivity index (χ1v) is 6.72. The molecule has 1 rings (SSSR count). The van der Waals surface area contributed by atoms with Gasteiger partial charge in [-0.05, 0) is 54.0 Å². The molecule has 0 bridgehead atoms. The number of hydrogen-bond donors (Lipinski definition) is 1. The molecular formula is C14H29NO2. The normalized spacial score (nSPS) is 27.0. The second kappa shape index (κ2) is 5.25. The lowest BCUT2D eigenvalue weighted by Crippen LogP contribution is -2.60. The maximum absolute atomic E-state index is 9.57. The van der Waals surface area contributed by atoms with E-state index in [0.717, 1.165) is 19.3 Å². The van der Waals surface area contributed by atoms with Gasteiger partial charge in [0.25, 0.3) is 0 Å². The smallest absolute Gasteiger partial charge is 0.0771 e. The summed E-state index contributed by atoms with van der Waals surface area (Å²) in [5.41, 5.74) is 0.313. The summed E-state index contributed by atoms with van der Waals surface area (Å²) in [6, 6.07) is 0. The molecule has 0 spiro atoms. The predicted molar refractivity (Wildman–Crippen MR) is 71.2 cm³/mol. The Morgan fingerprint density at radius 2 is 1.71 bits per heavy atom. The van der Waals surface area contributed by atoms with Crippen molar-refractivity contribution >= 4 is 0 Å². The molecule has 3 nitrogen and oxygen atoms in total. The minimum atomic E-state index is -0.319. The van der Waals surface area contributed by atoms with Crippen LogP contribution in [0.5, 0.6) is 0 Å². The van der Waals surface area contributed by atoms with E-state index in [9.17, 15) is 5.11 Å². The van der Waals surface area contributed by atoms with Crippen LogP contribution in [0.4, 0.5) is 0 Å². The van der Waals surface area contributed by atoms with Gasteiger partial charge >= 0.3 is 0 Å². The largest absolute Gasteiger partial charge is 0.391 e. The molecule has 1 N–H and O–H groups in total. The van der Waals surface area contributed by atoms with Crippen molar-refractivity contribution in [2.45, 2.75) is 77.2 Å². The van der Waals surface area contributed by atoms with E-state index in [2.05, 4.69) is 39.6 Å². The minimum Gasteiger partial charge on any atom is -0.391 e. The second-order valence-electron chi connectivity index (χ2n) is 6.61. The number of rotatable bonds is 4. The van der Waals surface area contributed by atoms with Gasteiger partial charge in [0.2, 0.25) is 0 Å². The van der Waals surface area contributed by atoms with Crippen molar-refractivity contribution in [3.05, 3.63) is 0 Å². The topological polar surface area (TPSA) is 32.7 Å². The molecule has 17 heavy (non-hydrogen) atoms. The average molecular weight is 243 g/mol. The number of ether oxygens (including phenoxy) is 1. The number of likely N-dealkylation sites (tertiary alicyclic amines) is 1. The van der Waals surface area contributed by atoms with Crippen molar-refractivity contribution in [2.24, 2.45) is 0 Å². The monoisotopic (exact) mass is 243 g/mol. The molecule has 1 unspecified atom stereocenters. The van der Waals surface area contributed by atoms with Gasteiger partial charge in [-0.1, -0.05) is 6.92 Å². The third-order valence-electron chi connectivity index (χ3n) is 4.27. The van der Waals surface area contributed by atoms with E-state index in [1.165, 1.54) is 0 Å². The molecule has 0 aliphatic carbocycles. The van der Waals surface area contributed by atoms with Crippen LogP contribution in [-0.2, 0) is 4.74 Å². The molecular weight excluding hydrogens is 214 g/mol. The van der Waals surface area contributed by atoms with E-state index >= 15 is 0 Å². The first-order valence-electron chi connectivity index (χ1n) is 6.72. The number of hydrogen-bond acceptors (Lipinski definition) is 3. The molecule has 0 radical (unpaired) electrons. The van der Waals surface area contributed by atoms with Crippen LogP contribution in [0.3, 0.4) is 0 Å². The van der Waals surface area contributed by atoms with Crippen LogP contribution in [0.1, 0.15) is 53.9 Å². The molecule has 1 aliphatic heterocycles. The van der Waals surface area contributed by atoms with Gasteiger partial charge in [-0.3, -0.25) is 4.90 Å². The zero-order valence-electron chi connectivity index (χ0n) is 12.3. The lowest BCUT2D eigenvalue weighted by molar-refractivity contribution is -0.106. The fourth-order valence-electron chi connectivity index (χ4n) is 2.76. The minimum absolute atomic E-state index is 0.156. The van der Waals surface area contributed by atoms with Crippen molar-refractivity contribution in [1.29, 1.82) is 0 Å². The predicted octanol–water partition coefficient (Wildman–Crippen LogP) is 2.43. The highest BCUT2D eigenvalue weighted by Gasteiger charge is 2.43. The Hall–Kier alpha value is -0.120. The molecule has 0 amide bonds. The van der Waals surface area contributed by atoms with E-state index in [1.54, 1.807) is 0 Å². The molecule has 0 aromatic rings. The summed E-state index contributed by atoms with van der Waals surface area (Å²) in [5, 5.41) is 9.57. The second-order valence-corrected chi connectivity index (χ2v) is 6.61. The third kappa shape index (κ3) is 3.67. The first kappa shape index (κ1) is 14.9. The lowest BCUT2D eigenvalue weighted by atomic mass is 9.79. The highest BCUT2D eigenvalue weighted by Crippen LogP contribution is 2.38. The fraction of sp³-hybridized carbons (Fsp3) is 1.00. The van der Waals surface area contributed by atoms with Crippen molar-refractivity contribution in [2.75, 3.05) is 13.7 Å². The summed E-state index contributed by atoms with van der Waals surface area (Å²) in [4.78, 5) is 2.44. The molecule has 102 valence electrons. The summed E-state index contributed by atoms with van der Waals surface area (Å²) in [6.45, 7) is 11.5. The van der Waals surface area contributed by atoms with Crippen molar-refractivity contribution in [3.8, 4) is 0 Å². The van der Waals surface area contributed by atoms with Gasteiger partial charge in [-0.2, -0.15) is 0 Å². The zero-order chi connectivity index (χ0) is 13.3. The molecule has 0 saturated carbocycles. The van der Waals surface area contributed by atoms with Gasteiger partial charge in [-0.15, -0.1) is 0 Å². The van der Waals surface area contributed by atoms with E-state index < -0.39 is 0 Å². The van der Waals surface area contributed by atoms with Crippen LogP contribution in [0.2, 0.25) is 0 Å². The summed E-state index contributed by atoms with van der Waals surface area (Å²) in [5.74, 6) is 0. The number of piperidine rings is 1. The molecule has 1 atom stereocenters. The SMILES string of the molecule is CCC(O)COC1CC(C)(C)N(C)C(C)(C)C1. The number of aliphatic hydroxyl groups is 1.